The van der Waals surface area contributed by atoms with Crippen LogP contribution in [0, 0.1) is 5.92 Å². The summed E-state index contributed by atoms with van der Waals surface area (Å²) in [6.45, 7) is 2.64. The minimum absolute atomic E-state index is 0.109. The van der Waals surface area contributed by atoms with Gasteiger partial charge in [0, 0.05) is 16.9 Å². The Balaban J connectivity index is 2.48. The van der Waals surface area contributed by atoms with Gasteiger partial charge in [0.05, 0.1) is 0 Å². The van der Waals surface area contributed by atoms with E-state index in [0.29, 0.717) is 6.54 Å². The standard InChI is InChI=1S/C10H15NOS/c1-8(3-2-5-11)10(12)9-4-6-13-7-9/h4,6-8H,2-3,5,11H2,1H3. The van der Waals surface area contributed by atoms with E-state index in [1.54, 1.807) is 11.3 Å². The van der Waals surface area contributed by atoms with Crippen LogP contribution in [-0.4, -0.2) is 12.3 Å². The summed E-state index contributed by atoms with van der Waals surface area (Å²) >= 11 is 1.56. The minimum Gasteiger partial charge on any atom is -0.330 e. The number of rotatable bonds is 5. The summed E-state index contributed by atoms with van der Waals surface area (Å²) in [7, 11) is 0. The highest BCUT2D eigenvalue weighted by atomic mass is 32.1. The fourth-order valence-electron chi connectivity index (χ4n) is 1.24. The fraction of sp³-hybridized carbons (Fsp3) is 0.500. The molecule has 0 saturated carbocycles. The summed E-state index contributed by atoms with van der Waals surface area (Å²) in [5, 5.41) is 3.84. The van der Waals surface area contributed by atoms with E-state index in [4.69, 9.17) is 5.73 Å². The van der Waals surface area contributed by atoms with Gasteiger partial charge < -0.3 is 5.73 Å². The summed E-state index contributed by atoms with van der Waals surface area (Å²) in [6.07, 6.45) is 1.82. The smallest absolute Gasteiger partial charge is 0.166 e. The Labute approximate surface area is 82.8 Å². The number of ketones is 1. The zero-order chi connectivity index (χ0) is 9.68. The van der Waals surface area contributed by atoms with Crippen molar-refractivity contribution in [1.29, 1.82) is 0 Å². The molecule has 1 rings (SSSR count). The van der Waals surface area contributed by atoms with Gasteiger partial charge in [0.15, 0.2) is 5.78 Å². The molecule has 3 heteroatoms. The van der Waals surface area contributed by atoms with Gasteiger partial charge in [-0.1, -0.05) is 6.92 Å². The highest BCUT2D eigenvalue weighted by molar-refractivity contribution is 7.08. The maximum atomic E-state index is 11.7. The molecule has 1 heterocycles. The van der Waals surface area contributed by atoms with Gasteiger partial charge in [-0.15, -0.1) is 0 Å². The first kappa shape index (κ1) is 10.4. The van der Waals surface area contributed by atoms with Crippen molar-refractivity contribution in [1.82, 2.24) is 0 Å². The van der Waals surface area contributed by atoms with Gasteiger partial charge in [0.25, 0.3) is 0 Å². The summed E-state index contributed by atoms with van der Waals surface area (Å²) in [6, 6.07) is 1.88. The molecule has 0 bridgehead atoms. The lowest BCUT2D eigenvalue weighted by Crippen LogP contribution is -2.12. The molecule has 13 heavy (non-hydrogen) atoms. The van der Waals surface area contributed by atoms with E-state index in [2.05, 4.69) is 0 Å². The molecule has 0 amide bonds. The second-order valence-electron chi connectivity index (χ2n) is 3.21. The third-order valence-corrected chi connectivity index (χ3v) is 2.78. The van der Waals surface area contributed by atoms with Crippen molar-refractivity contribution >= 4 is 17.1 Å². The summed E-state index contributed by atoms with van der Waals surface area (Å²) in [5.41, 5.74) is 6.23. The fourth-order valence-corrected chi connectivity index (χ4v) is 1.89. The van der Waals surface area contributed by atoms with Crippen LogP contribution in [0.1, 0.15) is 30.1 Å². The van der Waals surface area contributed by atoms with Crippen LogP contribution in [0.2, 0.25) is 0 Å². The van der Waals surface area contributed by atoms with Gasteiger partial charge in [-0.25, -0.2) is 0 Å². The molecule has 1 atom stereocenters. The molecule has 1 aromatic heterocycles. The zero-order valence-corrected chi connectivity index (χ0v) is 8.64. The topological polar surface area (TPSA) is 43.1 Å². The summed E-state index contributed by atoms with van der Waals surface area (Å²) in [5.74, 6) is 0.354. The molecule has 0 aromatic carbocycles. The van der Waals surface area contributed by atoms with Crippen molar-refractivity contribution in [3.05, 3.63) is 22.4 Å². The number of nitrogens with two attached hydrogens (primary N) is 1. The summed E-state index contributed by atoms with van der Waals surface area (Å²) < 4.78 is 0. The Hall–Kier alpha value is -0.670. The Morgan fingerprint density at radius 3 is 3.00 bits per heavy atom. The van der Waals surface area contributed by atoms with Crippen molar-refractivity contribution in [2.24, 2.45) is 11.7 Å². The van der Waals surface area contributed by atoms with Crippen LogP contribution in [0.3, 0.4) is 0 Å². The van der Waals surface area contributed by atoms with Crippen LogP contribution < -0.4 is 5.73 Å². The monoisotopic (exact) mass is 197 g/mol. The molecule has 1 unspecified atom stereocenters. The van der Waals surface area contributed by atoms with E-state index in [9.17, 15) is 4.79 Å². The van der Waals surface area contributed by atoms with Gasteiger partial charge in [0.1, 0.15) is 0 Å². The predicted molar refractivity (Wildman–Crippen MR) is 56.1 cm³/mol. The van der Waals surface area contributed by atoms with Crippen LogP contribution >= 0.6 is 11.3 Å². The second kappa shape index (κ2) is 5.14. The normalized spacial score (nSPS) is 12.8. The first-order chi connectivity index (χ1) is 6.25. The average Bonchev–Trinajstić information content (AvgIpc) is 2.65. The molecular weight excluding hydrogens is 182 g/mol. The lowest BCUT2D eigenvalue weighted by atomic mass is 9.97. The van der Waals surface area contributed by atoms with Crippen LogP contribution in [0.5, 0.6) is 0 Å². The molecule has 0 aliphatic rings. The maximum absolute atomic E-state index is 11.7. The number of carbonyl (C=O) groups excluding carboxylic acids is 1. The number of carbonyl (C=O) groups is 1. The van der Waals surface area contributed by atoms with Gasteiger partial charge >= 0.3 is 0 Å². The molecular formula is C10H15NOS. The van der Waals surface area contributed by atoms with Crippen molar-refractivity contribution in [2.75, 3.05) is 6.54 Å². The van der Waals surface area contributed by atoms with Crippen molar-refractivity contribution in [2.45, 2.75) is 19.8 Å². The molecule has 0 saturated heterocycles. The molecule has 0 radical (unpaired) electrons. The highest BCUT2D eigenvalue weighted by Gasteiger charge is 2.14. The number of hydrogen-bond acceptors (Lipinski definition) is 3. The van der Waals surface area contributed by atoms with Crippen LogP contribution in [0.25, 0.3) is 0 Å². The lowest BCUT2D eigenvalue weighted by molar-refractivity contribution is 0.0924. The Bertz CT molecular complexity index is 256. The first-order valence-electron chi connectivity index (χ1n) is 4.52. The van der Waals surface area contributed by atoms with E-state index >= 15 is 0 Å². The van der Waals surface area contributed by atoms with Gasteiger partial charge in [-0.3, -0.25) is 4.79 Å². The van der Waals surface area contributed by atoms with Crippen molar-refractivity contribution in [3.8, 4) is 0 Å². The third-order valence-electron chi connectivity index (χ3n) is 2.09. The van der Waals surface area contributed by atoms with E-state index in [-0.39, 0.29) is 11.7 Å². The Morgan fingerprint density at radius 2 is 2.46 bits per heavy atom. The highest BCUT2D eigenvalue weighted by Crippen LogP contribution is 2.15. The quantitative estimate of drug-likeness (QED) is 0.736. The average molecular weight is 197 g/mol. The molecule has 1 aromatic rings. The van der Waals surface area contributed by atoms with Gasteiger partial charge in [-0.2, -0.15) is 11.3 Å². The molecule has 0 fully saturated rings. The van der Waals surface area contributed by atoms with Crippen LogP contribution in [0.15, 0.2) is 16.8 Å². The molecule has 2 N–H and O–H groups in total. The number of Topliss-reactive ketones (excluding diaryl/α,β-unsaturated/α-hetero) is 1. The second-order valence-corrected chi connectivity index (χ2v) is 3.99. The minimum atomic E-state index is 0.109. The molecule has 72 valence electrons. The van der Waals surface area contributed by atoms with Crippen LogP contribution in [0.4, 0.5) is 0 Å². The van der Waals surface area contributed by atoms with E-state index in [0.717, 1.165) is 18.4 Å². The Kier molecular flexibility index (Phi) is 4.12. The van der Waals surface area contributed by atoms with Crippen LogP contribution in [-0.2, 0) is 0 Å². The van der Waals surface area contributed by atoms with Crippen molar-refractivity contribution < 1.29 is 4.79 Å². The zero-order valence-electron chi connectivity index (χ0n) is 7.82. The molecule has 0 aliphatic carbocycles. The SMILES string of the molecule is CC(CCCN)C(=O)c1ccsc1. The Morgan fingerprint density at radius 1 is 1.69 bits per heavy atom. The maximum Gasteiger partial charge on any atom is 0.166 e. The van der Waals surface area contributed by atoms with Gasteiger partial charge in [-0.05, 0) is 30.8 Å². The largest absolute Gasteiger partial charge is 0.330 e. The number of hydrogen-bond donors (Lipinski definition) is 1. The summed E-state index contributed by atoms with van der Waals surface area (Å²) in [4.78, 5) is 11.7. The third kappa shape index (κ3) is 2.94. The molecule has 0 spiro atoms. The van der Waals surface area contributed by atoms with Gasteiger partial charge in [0.2, 0.25) is 0 Å². The van der Waals surface area contributed by atoms with E-state index in [1.807, 2.05) is 23.8 Å². The lowest BCUT2D eigenvalue weighted by Gasteiger charge is -2.07. The predicted octanol–water partition coefficient (Wildman–Crippen LogP) is 2.31. The molecule has 0 aliphatic heterocycles. The van der Waals surface area contributed by atoms with E-state index in [1.165, 1.54) is 0 Å². The first-order valence-corrected chi connectivity index (χ1v) is 5.46. The van der Waals surface area contributed by atoms with E-state index < -0.39 is 0 Å². The van der Waals surface area contributed by atoms with Crippen molar-refractivity contribution in [3.63, 3.8) is 0 Å². The molecule has 2 nitrogen and oxygen atoms in total. The number of thiophene rings is 1.